The van der Waals surface area contributed by atoms with Gasteiger partial charge in [0.2, 0.25) is 5.91 Å². The van der Waals surface area contributed by atoms with Gasteiger partial charge in [-0.15, -0.1) is 11.3 Å². The number of aryl methyl sites for hydroxylation is 1. The third kappa shape index (κ3) is 3.52. The van der Waals surface area contributed by atoms with Gasteiger partial charge in [0.25, 0.3) is 0 Å². The lowest BCUT2D eigenvalue weighted by atomic mass is 10.2. The van der Waals surface area contributed by atoms with Gasteiger partial charge in [-0.3, -0.25) is 4.79 Å². The van der Waals surface area contributed by atoms with Crippen LogP contribution in [0.1, 0.15) is 24.3 Å². The highest BCUT2D eigenvalue weighted by molar-refractivity contribution is 7.09. The molecule has 1 aromatic heterocycles. The van der Waals surface area contributed by atoms with Crippen LogP contribution in [0, 0.1) is 5.92 Å². The van der Waals surface area contributed by atoms with Crippen LogP contribution >= 0.6 is 11.3 Å². The van der Waals surface area contributed by atoms with Crippen LogP contribution in [-0.4, -0.2) is 28.0 Å². The zero-order valence-electron chi connectivity index (χ0n) is 9.26. The maximum atomic E-state index is 11.6. The molecule has 1 fully saturated rings. The zero-order chi connectivity index (χ0) is 12.3. The average molecular weight is 254 g/mol. The minimum Gasteiger partial charge on any atom is -0.480 e. The molecule has 0 aromatic carbocycles. The largest absolute Gasteiger partial charge is 0.480 e. The number of aromatic nitrogens is 1. The third-order valence-electron chi connectivity index (χ3n) is 2.73. The minimum atomic E-state index is -0.935. The summed E-state index contributed by atoms with van der Waals surface area (Å²) in [5.74, 6) is -1.02. The standard InChI is InChI=1S/C11H14N2O3S/c14-8(3-4-9-12-5-6-17-9)13-10(11(15)16)7-1-2-7/h5-7,10H,1-4H2,(H,13,14)(H,15,16). The number of hydrogen-bond donors (Lipinski definition) is 2. The van der Waals surface area contributed by atoms with Gasteiger partial charge < -0.3 is 10.4 Å². The Labute approximate surface area is 103 Å². The van der Waals surface area contributed by atoms with Gasteiger partial charge in [-0.1, -0.05) is 0 Å². The van der Waals surface area contributed by atoms with Crippen LogP contribution in [0.5, 0.6) is 0 Å². The van der Waals surface area contributed by atoms with E-state index in [0.717, 1.165) is 17.8 Å². The summed E-state index contributed by atoms with van der Waals surface area (Å²) < 4.78 is 0. The number of nitrogens with zero attached hydrogens (tertiary/aromatic N) is 1. The molecule has 0 aliphatic heterocycles. The summed E-state index contributed by atoms with van der Waals surface area (Å²) in [6.45, 7) is 0. The summed E-state index contributed by atoms with van der Waals surface area (Å²) in [6.07, 6.45) is 4.35. The molecule has 1 atom stereocenters. The fraction of sp³-hybridized carbons (Fsp3) is 0.545. The number of carbonyl (C=O) groups excluding carboxylic acids is 1. The second-order valence-electron chi connectivity index (χ2n) is 4.15. The molecule has 1 amide bonds. The topological polar surface area (TPSA) is 79.3 Å². The molecule has 92 valence electrons. The van der Waals surface area contributed by atoms with Crippen molar-refractivity contribution in [2.45, 2.75) is 31.7 Å². The number of nitrogens with one attached hydrogen (secondary N) is 1. The van der Waals surface area contributed by atoms with Crippen molar-refractivity contribution in [3.8, 4) is 0 Å². The van der Waals surface area contributed by atoms with E-state index in [9.17, 15) is 9.59 Å². The fourth-order valence-corrected chi connectivity index (χ4v) is 2.27. The van der Waals surface area contributed by atoms with E-state index in [0.29, 0.717) is 12.8 Å². The van der Waals surface area contributed by atoms with Crippen LogP contribution in [-0.2, 0) is 16.0 Å². The van der Waals surface area contributed by atoms with Crippen molar-refractivity contribution >= 4 is 23.2 Å². The lowest BCUT2D eigenvalue weighted by Gasteiger charge is -2.12. The molecule has 1 aromatic rings. The Morgan fingerprint density at radius 1 is 1.59 bits per heavy atom. The third-order valence-corrected chi connectivity index (χ3v) is 3.56. The minimum absolute atomic E-state index is 0.122. The maximum absolute atomic E-state index is 11.6. The Bertz CT molecular complexity index is 401. The number of carboxylic acid groups (broad SMARTS) is 1. The molecule has 0 bridgehead atoms. The number of aliphatic carboxylic acids is 1. The van der Waals surface area contributed by atoms with Crippen molar-refractivity contribution in [2.24, 2.45) is 5.92 Å². The highest BCUT2D eigenvalue weighted by atomic mass is 32.1. The summed E-state index contributed by atoms with van der Waals surface area (Å²) in [7, 11) is 0. The van der Waals surface area contributed by atoms with E-state index in [4.69, 9.17) is 5.11 Å². The maximum Gasteiger partial charge on any atom is 0.326 e. The van der Waals surface area contributed by atoms with Crippen LogP contribution < -0.4 is 5.32 Å². The average Bonchev–Trinajstić information content (AvgIpc) is 2.99. The highest BCUT2D eigenvalue weighted by Gasteiger charge is 2.37. The van der Waals surface area contributed by atoms with Gasteiger partial charge in [0.05, 0.1) is 5.01 Å². The second kappa shape index (κ2) is 5.27. The van der Waals surface area contributed by atoms with Crippen molar-refractivity contribution < 1.29 is 14.7 Å². The normalized spacial score (nSPS) is 16.5. The van der Waals surface area contributed by atoms with Gasteiger partial charge in [-0.2, -0.15) is 0 Å². The quantitative estimate of drug-likeness (QED) is 0.795. The van der Waals surface area contributed by atoms with E-state index < -0.39 is 12.0 Å². The van der Waals surface area contributed by atoms with Gasteiger partial charge in [-0.05, 0) is 18.8 Å². The zero-order valence-corrected chi connectivity index (χ0v) is 10.1. The number of amides is 1. The number of carboxylic acids is 1. The number of thiazole rings is 1. The Balaban J connectivity index is 1.77. The molecule has 0 radical (unpaired) electrons. The molecule has 1 unspecified atom stereocenters. The van der Waals surface area contributed by atoms with Crippen LogP contribution in [0.4, 0.5) is 0 Å². The summed E-state index contributed by atoms with van der Waals surface area (Å²) in [4.78, 5) is 26.6. The molecule has 1 heterocycles. The predicted octanol–water partition coefficient (Wildman–Crippen LogP) is 1.06. The Morgan fingerprint density at radius 2 is 2.35 bits per heavy atom. The van der Waals surface area contributed by atoms with Gasteiger partial charge in [0.15, 0.2) is 0 Å². The summed E-state index contributed by atoms with van der Waals surface area (Å²) in [5.41, 5.74) is 0. The predicted molar refractivity (Wildman–Crippen MR) is 62.7 cm³/mol. The first-order valence-electron chi connectivity index (χ1n) is 5.57. The molecule has 0 saturated heterocycles. The van der Waals surface area contributed by atoms with Gasteiger partial charge in [0.1, 0.15) is 6.04 Å². The van der Waals surface area contributed by atoms with E-state index in [2.05, 4.69) is 10.3 Å². The van der Waals surface area contributed by atoms with Crippen molar-refractivity contribution in [3.63, 3.8) is 0 Å². The molecule has 2 rings (SSSR count). The second-order valence-corrected chi connectivity index (χ2v) is 5.13. The van der Waals surface area contributed by atoms with Gasteiger partial charge >= 0.3 is 5.97 Å². The summed E-state index contributed by atoms with van der Waals surface area (Å²) in [6, 6.07) is -0.709. The van der Waals surface area contributed by atoms with E-state index in [1.54, 1.807) is 6.20 Å². The molecule has 1 saturated carbocycles. The lowest BCUT2D eigenvalue weighted by molar-refractivity contribution is -0.142. The molecule has 5 nitrogen and oxygen atoms in total. The molecular weight excluding hydrogens is 240 g/mol. The Morgan fingerprint density at radius 3 is 2.88 bits per heavy atom. The van der Waals surface area contributed by atoms with Gasteiger partial charge in [0, 0.05) is 24.4 Å². The number of hydrogen-bond acceptors (Lipinski definition) is 4. The first-order chi connectivity index (χ1) is 8.16. The van der Waals surface area contributed by atoms with Crippen LogP contribution in [0.2, 0.25) is 0 Å². The molecular formula is C11H14N2O3S. The monoisotopic (exact) mass is 254 g/mol. The van der Waals surface area contributed by atoms with Crippen LogP contribution in [0.3, 0.4) is 0 Å². The van der Waals surface area contributed by atoms with E-state index in [-0.39, 0.29) is 11.8 Å². The highest BCUT2D eigenvalue weighted by Crippen LogP contribution is 2.32. The first kappa shape index (κ1) is 12.0. The molecule has 1 aliphatic rings. The van der Waals surface area contributed by atoms with Crippen molar-refractivity contribution in [1.29, 1.82) is 0 Å². The first-order valence-corrected chi connectivity index (χ1v) is 6.45. The van der Waals surface area contributed by atoms with Crippen LogP contribution in [0.25, 0.3) is 0 Å². The lowest BCUT2D eigenvalue weighted by Crippen LogP contribution is -2.42. The Hall–Kier alpha value is -1.43. The van der Waals surface area contributed by atoms with Crippen LogP contribution in [0.15, 0.2) is 11.6 Å². The number of carbonyl (C=O) groups is 2. The van der Waals surface area contributed by atoms with E-state index in [1.165, 1.54) is 11.3 Å². The molecule has 17 heavy (non-hydrogen) atoms. The summed E-state index contributed by atoms with van der Waals surface area (Å²) >= 11 is 1.50. The number of rotatable bonds is 6. The van der Waals surface area contributed by atoms with E-state index >= 15 is 0 Å². The smallest absolute Gasteiger partial charge is 0.326 e. The SMILES string of the molecule is O=C(CCc1nccs1)NC(C(=O)O)C1CC1. The molecule has 2 N–H and O–H groups in total. The van der Waals surface area contributed by atoms with Gasteiger partial charge in [-0.25, -0.2) is 9.78 Å². The van der Waals surface area contributed by atoms with Crippen molar-refractivity contribution in [1.82, 2.24) is 10.3 Å². The summed E-state index contributed by atoms with van der Waals surface area (Å²) in [5, 5.41) is 14.3. The van der Waals surface area contributed by atoms with Crippen molar-refractivity contribution in [3.05, 3.63) is 16.6 Å². The molecule has 6 heteroatoms. The fourth-order valence-electron chi connectivity index (χ4n) is 1.65. The van der Waals surface area contributed by atoms with E-state index in [1.807, 2.05) is 5.38 Å². The van der Waals surface area contributed by atoms with Crippen molar-refractivity contribution in [2.75, 3.05) is 0 Å². The Kier molecular flexibility index (Phi) is 3.73. The molecule has 1 aliphatic carbocycles. The molecule has 0 spiro atoms.